The van der Waals surface area contributed by atoms with E-state index in [9.17, 15) is 0 Å². The van der Waals surface area contributed by atoms with Gasteiger partial charge in [-0.1, -0.05) is 26.7 Å². The molecule has 1 aliphatic carbocycles. The second-order valence-electron chi connectivity index (χ2n) is 6.29. The Morgan fingerprint density at radius 2 is 2.16 bits per heavy atom. The number of nitrogens with one attached hydrogen (secondary N) is 1. The first-order valence-electron chi connectivity index (χ1n) is 7.96. The van der Waals surface area contributed by atoms with Gasteiger partial charge in [0.25, 0.3) is 0 Å². The van der Waals surface area contributed by atoms with Crippen LogP contribution in [0.3, 0.4) is 0 Å². The van der Waals surface area contributed by atoms with Crippen molar-refractivity contribution in [2.45, 2.75) is 65.0 Å². The number of aromatic nitrogens is 2. The largest absolute Gasteiger partial charge is 0.314 e. The molecule has 3 nitrogen and oxygen atoms in total. The van der Waals surface area contributed by atoms with E-state index in [0.29, 0.717) is 0 Å². The van der Waals surface area contributed by atoms with Crippen LogP contribution in [0.4, 0.5) is 0 Å². The Morgan fingerprint density at radius 3 is 2.89 bits per heavy atom. The van der Waals surface area contributed by atoms with Gasteiger partial charge in [0.2, 0.25) is 0 Å². The molecule has 1 fully saturated rings. The Hall–Kier alpha value is -0.830. The fraction of sp³-hybridized carbons (Fsp3) is 0.812. The number of rotatable bonds is 6. The highest BCUT2D eigenvalue weighted by molar-refractivity contribution is 4.78. The first kappa shape index (κ1) is 14.6. The summed E-state index contributed by atoms with van der Waals surface area (Å²) in [5.74, 6) is 1.81. The quantitative estimate of drug-likeness (QED) is 0.629. The van der Waals surface area contributed by atoms with Crippen LogP contribution in [-0.4, -0.2) is 22.4 Å². The van der Waals surface area contributed by atoms with E-state index in [1.54, 1.807) is 0 Å². The van der Waals surface area contributed by atoms with Gasteiger partial charge in [0.1, 0.15) is 0 Å². The molecule has 0 bridgehead atoms. The van der Waals surface area contributed by atoms with Crippen molar-refractivity contribution >= 4 is 0 Å². The fourth-order valence-corrected chi connectivity index (χ4v) is 3.18. The van der Waals surface area contributed by atoms with Crippen molar-refractivity contribution in [1.29, 1.82) is 0 Å². The zero-order valence-electron chi connectivity index (χ0n) is 12.5. The van der Waals surface area contributed by atoms with Crippen molar-refractivity contribution in [3.8, 4) is 0 Å². The van der Waals surface area contributed by atoms with Gasteiger partial charge in [-0.3, -0.25) is 4.68 Å². The average molecular weight is 263 g/mol. The van der Waals surface area contributed by atoms with Crippen molar-refractivity contribution in [3.63, 3.8) is 0 Å². The first-order valence-corrected chi connectivity index (χ1v) is 7.96. The Balaban J connectivity index is 1.61. The van der Waals surface area contributed by atoms with Gasteiger partial charge in [-0.2, -0.15) is 5.10 Å². The number of aryl methyl sites for hydroxylation is 1. The fourth-order valence-electron chi connectivity index (χ4n) is 3.18. The van der Waals surface area contributed by atoms with Crippen molar-refractivity contribution in [2.24, 2.45) is 11.8 Å². The minimum atomic E-state index is 0.751. The number of nitrogens with zero attached hydrogens (tertiary/aromatic N) is 2. The maximum atomic E-state index is 4.23. The van der Waals surface area contributed by atoms with Crippen molar-refractivity contribution < 1.29 is 0 Å². The highest BCUT2D eigenvalue weighted by atomic mass is 15.3. The lowest BCUT2D eigenvalue weighted by Gasteiger charge is -2.19. The standard InChI is InChI=1S/C16H29N3/c1-14(2)15-6-3-7-16(9-8-15)17-10-4-12-19-13-5-11-18-19/h5,11,13-17H,3-4,6-10,12H2,1-2H3. The second kappa shape index (κ2) is 7.68. The summed E-state index contributed by atoms with van der Waals surface area (Å²) in [6.07, 6.45) is 12.0. The average Bonchev–Trinajstić information content (AvgIpc) is 2.79. The summed E-state index contributed by atoms with van der Waals surface area (Å²) in [5, 5.41) is 7.98. The van der Waals surface area contributed by atoms with Crippen LogP contribution in [0, 0.1) is 11.8 Å². The van der Waals surface area contributed by atoms with E-state index in [2.05, 4.69) is 24.3 Å². The topological polar surface area (TPSA) is 29.9 Å². The van der Waals surface area contributed by atoms with Crippen molar-refractivity contribution in [3.05, 3.63) is 18.5 Å². The first-order chi connectivity index (χ1) is 9.25. The molecule has 3 heteroatoms. The minimum Gasteiger partial charge on any atom is -0.314 e. The van der Waals surface area contributed by atoms with E-state index < -0.39 is 0 Å². The van der Waals surface area contributed by atoms with Gasteiger partial charge in [0, 0.05) is 25.0 Å². The molecule has 1 heterocycles. The third-order valence-electron chi connectivity index (χ3n) is 4.51. The molecule has 0 spiro atoms. The molecule has 0 aliphatic heterocycles. The van der Waals surface area contributed by atoms with Crippen LogP contribution in [0.25, 0.3) is 0 Å². The highest BCUT2D eigenvalue weighted by Gasteiger charge is 2.20. The summed E-state index contributed by atoms with van der Waals surface area (Å²) >= 11 is 0. The van der Waals surface area contributed by atoms with E-state index in [0.717, 1.165) is 31.0 Å². The molecule has 0 saturated heterocycles. The minimum absolute atomic E-state index is 0.751. The van der Waals surface area contributed by atoms with Crippen molar-refractivity contribution in [2.75, 3.05) is 6.54 Å². The van der Waals surface area contributed by atoms with Crippen LogP contribution in [0.2, 0.25) is 0 Å². The Kier molecular flexibility index (Phi) is 5.90. The zero-order chi connectivity index (χ0) is 13.5. The molecule has 0 aromatic carbocycles. The van der Waals surface area contributed by atoms with Crippen LogP contribution < -0.4 is 5.32 Å². The molecule has 1 aromatic rings. The maximum absolute atomic E-state index is 4.23. The summed E-state index contributed by atoms with van der Waals surface area (Å²) in [5.41, 5.74) is 0. The third-order valence-corrected chi connectivity index (χ3v) is 4.51. The van der Waals surface area contributed by atoms with Gasteiger partial charge in [0.05, 0.1) is 0 Å². The van der Waals surface area contributed by atoms with Gasteiger partial charge in [-0.05, 0) is 50.1 Å². The summed E-state index contributed by atoms with van der Waals surface area (Å²) < 4.78 is 2.02. The monoisotopic (exact) mass is 263 g/mol. The van der Waals surface area contributed by atoms with E-state index >= 15 is 0 Å². The lowest BCUT2D eigenvalue weighted by Crippen LogP contribution is -2.30. The van der Waals surface area contributed by atoms with Gasteiger partial charge in [-0.15, -0.1) is 0 Å². The predicted octanol–water partition coefficient (Wildman–Crippen LogP) is 3.47. The molecule has 2 rings (SSSR count). The lowest BCUT2D eigenvalue weighted by atomic mass is 9.89. The molecule has 1 saturated carbocycles. The molecule has 2 unspecified atom stereocenters. The van der Waals surface area contributed by atoms with Crippen LogP contribution in [0.1, 0.15) is 52.4 Å². The molecule has 19 heavy (non-hydrogen) atoms. The number of hydrogen-bond acceptors (Lipinski definition) is 2. The third kappa shape index (κ3) is 4.98. The molecule has 1 N–H and O–H groups in total. The summed E-state index contributed by atoms with van der Waals surface area (Å²) in [6.45, 7) is 6.91. The maximum Gasteiger partial charge on any atom is 0.0489 e. The molecule has 2 atom stereocenters. The van der Waals surface area contributed by atoms with Crippen LogP contribution >= 0.6 is 0 Å². The Bertz CT molecular complexity index is 332. The molecule has 1 aromatic heterocycles. The predicted molar refractivity (Wildman–Crippen MR) is 80.0 cm³/mol. The SMILES string of the molecule is CC(C)C1CCCC(NCCCn2cccn2)CC1. The van der Waals surface area contributed by atoms with Crippen LogP contribution in [-0.2, 0) is 6.54 Å². The van der Waals surface area contributed by atoms with Crippen LogP contribution in [0.15, 0.2) is 18.5 Å². The van der Waals surface area contributed by atoms with E-state index in [-0.39, 0.29) is 0 Å². The molecule has 0 amide bonds. The molecule has 0 radical (unpaired) electrons. The Labute approximate surface area is 117 Å². The van der Waals surface area contributed by atoms with Crippen molar-refractivity contribution in [1.82, 2.24) is 15.1 Å². The van der Waals surface area contributed by atoms with Gasteiger partial charge in [-0.25, -0.2) is 0 Å². The summed E-state index contributed by atoms with van der Waals surface area (Å²) in [6, 6.07) is 2.74. The zero-order valence-corrected chi connectivity index (χ0v) is 12.5. The van der Waals surface area contributed by atoms with Gasteiger partial charge >= 0.3 is 0 Å². The highest BCUT2D eigenvalue weighted by Crippen LogP contribution is 2.28. The summed E-state index contributed by atoms with van der Waals surface area (Å²) in [7, 11) is 0. The molecular formula is C16H29N3. The summed E-state index contributed by atoms with van der Waals surface area (Å²) in [4.78, 5) is 0. The normalized spacial score (nSPS) is 24.6. The lowest BCUT2D eigenvalue weighted by molar-refractivity contribution is 0.337. The van der Waals surface area contributed by atoms with E-state index in [1.807, 2.05) is 23.1 Å². The van der Waals surface area contributed by atoms with E-state index in [1.165, 1.54) is 38.5 Å². The number of hydrogen-bond donors (Lipinski definition) is 1. The van der Waals surface area contributed by atoms with Gasteiger partial charge < -0.3 is 5.32 Å². The molecular weight excluding hydrogens is 234 g/mol. The molecule has 108 valence electrons. The smallest absolute Gasteiger partial charge is 0.0489 e. The molecule has 1 aliphatic rings. The van der Waals surface area contributed by atoms with Gasteiger partial charge in [0.15, 0.2) is 0 Å². The Morgan fingerprint density at radius 1 is 1.26 bits per heavy atom. The van der Waals surface area contributed by atoms with E-state index in [4.69, 9.17) is 0 Å². The van der Waals surface area contributed by atoms with Crippen LogP contribution in [0.5, 0.6) is 0 Å². The second-order valence-corrected chi connectivity index (χ2v) is 6.29.